The number of nitrogens with one attached hydrogen (secondary N) is 1. The number of carbonyl (C=O) groups excluding carboxylic acids is 1. The molecule has 1 aromatic heterocycles. The number of piperidine rings is 1. The van der Waals surface area contributed by atoms with Crippen LogP contribution in [0, 0.1) is 0 Å². The lowest BCUT2D eigenvalue weighted by atomic mass is 9.90. The lowest BCUT2D eigenvalue weighted by molar-refractivity contribution is 0.0205. The van der Waals surface area contributed by atoms with Crippen molar-refractivity contribution in [1.82, 2.24) is 14.8 Å². The molecule has 0 spiro atoms. The summed E-state index contributed by atoms with van der Waals surface area (Å²) in [6.45, 7) is 11.7. The Hall–Kier alpha value is -1.82. The van der Waals surface area contributed by atoms with E-state index in [2.05, 4.69) is 21.3 Å². The van der Waals surface area contributed by atoms with Crippen molar-refractivity contribution >= 4 is 11.9 Å². The Kier molecular flexibility index (Phi) is 6.58. The third kappa shape index (κ3) is 5.83. The van der Waals surface area contributed by atoms with E-state index in [1.807, 2.05) is 37.9 Å². The topological polar surface area (TPSA) is 57.7 Å². The van der Waals surface area contributed by atoms with Crippen LogP contribution in [0.3, 0.4) is 0 Å². The lowest BCUT2D eigenvalue weighted by Crippen LogP contribution is -2.41. The molecule has 0 aromatic carbocycles. The van der Waals surface area contributed by atoms with Gasteiger partial charge in [0.15, 0.2) is 0 Å². The second-order valence-electron chi connectivity index (χ2n) is 8.66. The highest BCUT2D eigenvalue weighted by Gasteiger charge is 2.28. The van der Waals surface area contributed by atoms with Crippen molar-refractivity contribution in [3.63, 3.8) is 0 Å². The number of anilines is 1. The molecule has 27 heavy (non-hydrogen) atoms. The smallest absolute Gasteiger partial charge is 0.410 e. The molecule has 6 heteroatoms. The van der Waals surface area contributed by atoms with Gasteiger partial charge < -0.3 is 19.9 Å². The number of nitrogens with zero attached hydrogens (tertiary/aromatic N) is 3. The normalized spacial score (nSPS) is 19.3. The second kappa shape index (κ2) is 8.91. The number of hydrogen-bond donors (Lipinski definition) is 1. The fourth-order valence-electron chi connectivity index (χ4n) is 3.93. The molecule has 0 radical (unpaired) electrons. The van der Waals surface area contributed by atoms with Crippen LogP contribution in [0.5, 0.6) is 0 Å². The van der Waals surface area contributed by atoms with E-state index in [9.17, 15) is 4.79 Å². The molecule has 2 aliphatic heterocycles. The van der Waals surface area contributed by atoms with Crippen LogP contribution in [-0.2, 0) is 4.74 Å². The van der Waals surface area contributed by atoms with E-state index in [4.69, 9.17) is 4.74 Å². The third-order valence-electron chi connectivity index (χ3n) is 5.34. The molecular formula is C21H34N4O2. The molecule has 0 atom stereocenters. The predicted molar refractivity (Wildman–Crippen MR) is 108 cm³/mol. The van der Waals surface area contributed by atoms with E-state index in [0.717, 1.165) is 44.8 Å². The summed E-state index contributed by atoms with van der Waals surface area (Å²) >= 11 is 0. The van der Waals surface area contributed by atoms with E-state index in [1.165, 1.54) is 31.5 Å². The fraction of sp³-hybridized carbons (Fsp3) is 0.714. The maximum atomic E-state index is 12.3. The van der Waals surface area contributed by atoms with E-state index < -0.39 is 5.60 Å². The highest BCUT2D eigenvalue weighted by molar-refractivity contribution is 5.68. The van der Waals surface area contributed by atoms with Crippen LogP contribution in [0.1, 0.15) is 57.9 Å². The zero-order valence-electron chi connectivity index (χ0n) is 17.0. The van der Waals surface area contributed by atoms with Gasteiger partial charge >= 0.3 is 6.09 Å². The largest absolute Gasteiger partial charge is 0.444 e. The molecule has 3 rings (SSSR count). The Balaban J connectivity index is 1.52. The first kappa shape index (κ1) is 19.9. The molecule has 6 nitrogen and oxygen atoms in total. The SMILES string of the molecule is CC(C)(C)OC(=O)N1CCC(c2cccnc2NCCN2CCCC2)CC1. The maximum Gasteiger partial charge on any atom is 0.410 e. The van der Waals surface area contributed by atoms with Gasteiger partial charge in [0.1, 0.15) is 11.4 Å². The number of pyridine rings is 1. The molecule has 0 unspecified atom stereocenters. The maximum absolute atomic E-state index is 12.3. The van der Waals surface area contributed by atoms with Crippen molar-refractivity contribution in [2.24, 2.45) is 0 Å². The van der Waals surface area contributed by atoms with Gasteiger partial charge in [0.2, 0.25) is 0 Å². The minimum absolute atomic E-state index is 0.198. The first-order valence-electron chi connectivity index (χ1n) is 10.3. The van der Waals surface area contributed by atoms with Crippen molar-refractivity contribution in [3.8, 4) is 0 Å². The zero-order valence-corrected chi connectivity index (χ0v) is 17.0. The van der Waals surface area contributed by atoms with Crippen molar-refractivity contribution in [2.75, 3.05) is 44.6 Å². The van der Waals surface area contributed by atoms with Gasteiger partial charge in [-0.15, -0.1) is 0 Å². The van der Waals surface area contributed by atoms with Crippen molar-refractivity contribution in [2.45, 2.75) is 58.0 Å². The van der Waals surface area contributed by atoms with Crippen LogP contribution in [-0.4, -0.2) is 65.7 Å². The standard InChI is InChI=1S/C21H34N4O2/c1-21(2,3)27-20(26)25-14-8-17(9-15-25)18-7-6-10-22-19(18)23-11-16-24-12-4-5-13-24/h6-7,10,17H,4-5,8-9,11-16H2,1-3H3,(H,22,23). The molecule has 2 aliphatic rings. The van der Waals surface area contributed by atoms with Crippen LogP contribution in [0.4, 0.5) is 10.6 Å². The Morgan fingerprint density at radius 2 is 1.93 bits per heavy atom. The predicted octanol–water partition coefficient (Wildman–Crippen LogP) is 3.70. The molecule has 0 bridgehead atoms. The van der Waals surface area contributed by atoms with Gasteiger partial charge in [-0.3, -0.25) is 0 Å². The van der Waals surface area contributed by atoms with Crippen LogP contribution in [0.25, 0.3) is 0 Å². The summed E-state index contributed by atoms with van der Waals surface area (Å²) < 4.78 is 5.50. The Morgan fingerprint density at radius 3 is 2.59 bits per heavy atom. The number of aromatic nitrogens is 1. The van der Waals surface area contributed by atoms with Crippen LogP contribution >= 0.6 is 0 Å². The molecule has 1 aromatic rings. The minimum Gasteiger partial charge on any atom is -0.444 e. The molecule has 3 heterocycles. The number of rotatable bonds is 5. The first-order valence-corrected chi connectivity index (χ1v) is 10.3. The van der Waals surface area contributed by atoms with E-state index >= 15 is 0 Å². The molecule has 1 amide bonds. The van der Waals surface area contributed by atoms with E-state index in [-0.39, 0.29) is 6.09 Å². The number of amides is 1. The number of carbonyl (C=O) groups is 1. The molecule has 1 N–H and O–H groups in total. The van der Waals surface area contributed by atoms with Crippen LogP contribution in [0.2, 0.25) is 0 Å². The zero-order chi connectivity index (χ0) is 19.3. The molecule has 150 valence electrons. The summed E-state index contributed by atoms with van der Waals surface area (Å²) in [5.74, 6) is 1.44. The number of likely N-dealkylation sites (tertiary alicyclic amines) is 2. The van der Waals surface area contributed by atoms with Crippen LogP contribution < -0.4 is 5.32 Å². The quantitative estimate of drug-likeness (QED) is 0.851. The lowest BCUT2D eigenvalue weighted by Gasteiger charge is -2.34. The fourth-order valence-corrected chi connectivity index (χ4v) is 3.93. The summed E-state index contributed by atoms with van der Waals surface area (Å²) in [6.07, 6.45) is 6.21. The number of hydrogen-bond acceptors (Lipinski definition) is 5. The summed E-state index contributed by atoms with van der Waals surface area (Å²) in [5.41, 5.74) is 0.840. The highest BCUT2D eigenvalue weighted by atomic mass is 16.6. The average molecular weight is 375 g/mol. The van der Waals surface area contributed by atoms with Gasteiger partial charge in [0.25, 0.3) is 0 Å². The summed E-state index contributed by atoms with van der Waals surface area (Å²) in [6, 6.07) is 4.19. The molecule has 2 fully saturated rings. The van der Waals surface area contributed by atoms with Gasteiger partial charge in [0, 0.05) is 32.4 Å². The van der Waals surface area contributed by atoms with Gasteiger partial charge in [-0.2, -0.15) is 0 Å². The van der Waals surface area contributed by atoms with Crippen molar-refractivity contribution < 1.29 is 9.53 Å². The molecule has 0 saturated carbocycles. The Labute approximate surface area is 163 Å². The minimum atomic E-state index is -0.441. The highest BCUT2D eigenvalue weighted by Crippen LogP contribution is 2.32. The molecule has 0 aliphatic carbocycles. The monoisotopic (exact) mass is 374 g/mol. The van der Waals surface area contributed by atoms with Crippen molar-refractivity contribution in [3.05, 3.63) is 23.9 Å². The summed E-state index contributed by atoms with van der Waals surface area (Å²) in [7, 11) is 0. The summed E-state index contributed by atoms with van der Waals surface area (Å²) in [5, 5.41) is 3.54. The van der Waals surface area contributed by atoms with E-state index in [0.29, 0.717) is 5.92 Å². The van der Waals surface area contributed by atoms with Gasteiger partial charge in [-0.05, 0) is 77.1 Å². The average Bonchev–Trinajstić information content (AvgIpc) is 3.14. The number of ether oxygens (including phenoxy) is 1. The van der Waals surface area contributed by atoms with Gasteiger partial charge in [-0.1, -0.05) is 6.07 Å². The second-order valence-corrected chi connectivity index (χ2v) is 8.66. The molecular weight excluding hydrogens is 340 g/mol. The molecule has 2 saturated heterocycles. The Bertz CT molecular complexity index is 615. The van der Waals surface area contributed by atoms with Gasteiger partial charge in [-0.25, -0.2) is 9.78 Å². The Morgan fingerprint density at radius 1 is 1.22 bits per heavy atom. The van der Waals surface area contributed by atoms with Gasteiger partial charge in [0.05, 0.1) is 0 Å². The van der Waals surface area contributed by atoms with Crippen molar-refractivity contribution in [1.29, 1.82) is 0 Å². The van der Waals surface area contributed by atoms with E-state index in [1.54, 1.807) is 0 Å². The summed E-state index contributed by atoms with van der Waals surface area (Å²) in [4.78, 5) is 21.2. The first-order chi connectivity index (χ1) is 12.9. The van der Waals surface area contributed by atoms with Crippen LogP contribution in [0.15, 0.2) is 18.3 Å². The third-order valence-corrected chi connectivity index (χ3v) is 5.34.